The van der Waals surface area contributed by atoms with Crippen molar-refractivity contribution in [2.24, 2.45) is 0 Å². The van der Waals surface area contributed by atoms with Crippen molar-refractivity contribution in [2.45, 2.75) is 11.8 Å². The van der Waals surface area contributed by atoms with E-state index in [9.17, 15) is 13.2 Å². The maximum absolute atomic E-state index is 12.0. The van der Waals surface area contributed by atoms with Crippen molar-refractivity contribution in [3.63, 3.8) is 0 Å². The maximum Gasteiger partial charge on any atom is 0.335 e. The van der Waals surface area contributed by atoms with E-state index in [4.69, 9.17) is 5.11 Å². The molecular weight excluding hydrogens is 270 g/mol. The molecule has 100 valence electrons. The first-order valence-corrected chi connectivity index (χ1v) is 6.74. The van der Waals surface area contributed by atoms with Crippen LogP contribution in [0.3, 0.4) is 0 Å². The summed E-state index contributed by atoms with van der Waals surface area (Å²) in [5.74, 6) is -1.12. The molecule has 1 heterocycles. The molecule has 0 unspecified atom stereocenters. The fourth-order valence-electron chi connectivity index (χ4n) is 1.45. The maximum atomic E-state index is 12.0. The number of aromatic nitrogens is 2. The highest BCUT2D eigenvalue weighted by Crippen LogP contribution is 2.20. The average Bonchev–Trinajstić information content (AvgIpc) is 2.85. The van der Waals surface area contributed by atoms with Gasteiger partial charge in [-0.25, -0.2) is 13.2 Å². The first kappa shape index (κ1) is 13.1. The van der Waals surface area contributed by atoms with Gasteiger partial charge in [-0.3, -0.25) is 9.82 Å². The standard InChI is InChI=1S/C11H11N3O4S/c1-7-2-3-8(11(15)16)4-10(7)14-19(17,18)9-5-12-13-6-9/h2-6,14H,1H3,(H,12,13)(H,15,16). The second kappa shape index (κ2) is 4.73. The Morgan fingerprint density at radius 2 is 2.16 bits per heavy atom. The Morgan fingerprint density at radius 3 is 2.74 bits per heavy atom. The van der Waals surface area contributed by atoms with Gasteiger partial charge in [0.25, 0.3) is 10.0 Å². The molecule has 1 aromatic heterocycles. The monoisotopic (exact) mass is 281 g/mol. The normalized spacial score (nSPS) is 11.2. The summed E-state index contributed by atoms with van der Waals surface area (Å²) in [4.78, 5) is 10.8. The largest absolute Gasteiger partial charge is 0.478 e. The van der Waals surface area contributed by atoms with Crippen LogP contribution in [0.4, 0.5) is 5.69 Å². The Morgan fingerprint density at radius 1 is 1.42 bits per heavy atom. The lowest BCUT2D eigenvalue weighted by Crippen LogP contribution is -2.13. The third-order valence-electron chi connectivity index (χ3n) is 2.51. The third kappa shape index (κ3) is 2.74. The zero-order chi connectivity index (χ0) is 14.0. The zero-order valence-corrected chi connectivity index (χ0v) is 10.7. The minimum atomic E-state index is -3.77. The highest BCUT2D eigenvalue weighted by atomic mass is 32.2. The molecule has 0 saturated carbocycles. The summed E-state index contributed by atoms with van der Waals surface area (Å²) in [6.07, 6.45) is 2.40. The summed E-state index contributed by atoms with van der Waals surface area (Å²) in [6, 6.07) is 4.22. The number of carboxylic acid groups (broad SMARTS) is 1. The number of anilines is 1. The Bertz CT molecular complexity index is 708. The van der Waals surface area contributed by atoms with E-state index in [1.54, 1.807) is 6.92 Å². The first-order valence-electron chi connectivity index (χ1n) is 5.26. The van der Waals surface area contributed by atoms with E-state index in [1.165, 1.54) is 30.6 Å². The minimum Gasteiger partial charge on any atom is -0.478 e. The molecule has 7 nitrogen and oxygen atoms in total. The van der Waals surface area contributed by atoms with Gasteiger partial charge < -0.3 is 5.11 Å². The molecule has 0 aliphatic rings. The number of carboxylic acids is 1. The van der Waals surface area contributed by atoms with Gasteiger partial charge in [0, 0.05) is 6.20 Å². The number of rotatable bonds is 4. The molecule has 8 heteroatoms. The number of aromatic amines is 1. The van der Waals surface area contributed by atoms with Crippen LogP contribution < -0.4 is 4.72 Å². The van der Waals surface area contributed by atoms with Crippen LogP contribution in [0.15, 0.2) is 35.5 Å². The summed E-state index contributed by atoms with van der Waals surface area (Å²) in [5.41, 5.74) is 0.855. The minimum absolute atomic E-state index is 0.00972. The Labute approximate surface area is 109 Å². The lowest BCUT2D eigenvalue weighted by atomic mass is 10.1. The molecule has 0 aliphatic heterocycles. The zero-order valence-electron chi connectivity index (χ0n) is 9.91. The highest BCUT2D eigenvalue weighted by molar-refractivity contribution is 7.92. The van der Waals surface area contributed by atoms with Gasteiger partial charge >= 0.3 is 5.97 Å². The molecule has 1 aromatic carbocycles. The molecule has 0 fully saturated rings. The number of aryl methyl sites for hydroxylation is 1. The van der Waals surface area contributed by atoms with E-state index in [0.717, 1.165) is 0 Å². The van der Waals surface area contributed by atoms with E-state index < -0.39 is 16.0 Å². The summed E-state index contributed by atoms with van der Waals surface area (Å²) in [6.45, 7) is 1.68. The molecule has 0 atom stereocenters. The molecule has 0 amide bonds. The van der Waals surface area contributed by atoms with Gasteiger partial charge in [0.15, 0.2) is 0 Å². The quantitative estimate of drug-likeness (QED) is 0.780. The van der Waals surface area contributed by atoms with E-state index in [2.05, 4.69) is 14.9 Å². The van der Waals surface area contributed by atoms with Gasteiger partial charge in [0.2, 0.25) is 0 Å². The predicted octanol–water partition coefficient (Wildman–Crippen LogP) is 1.22. The molecule has 0 aliphatic carbocycles. The van der Waals surface area contributed by atoms with Crippen molar-refractivity contribution in [3.8, 4) is 0 Å². The van der Waals surface area contributed by atoms with Gasteiger partial charge in [-0.15, -0.1) is 0 Å². The average molecular weight is 281 g/mol. The second-order valence-corrected chi connectivity index (χ2v) is 5.56. The lowest BCUT2D eigenvalue weighted by molar-refractivity contribution is 0.0697. The SMILES string of the molecule is Cc1ccc(C(=O)O)cc1NS(=O)(=O)c1cn[nH]c1. The molecule has 0 spiro atoms. The van der Waals surface area contributed by atoms with Crippen LogP contribution in [0.1, 0.15) is 15.9 Å². The van der Waals surface area contributed by atoms with Crippen LogP contribution in [0.2, 0.25) is 0 Å². The van der Waals surface area contributed by atoms with Crippen molar-refractivity contribution >= 4 is 21.7 Å². The van der Waals surface area contributed by atoms with E-state index >= 15 is 0 Å². The van der Waals surface area contributed by atoms with Crippen molar-refractivity contribution in [2.75, 3.05) is 4.72 Å². The lowest BCUT2D eigenvalue weighted by Gasteiger charge is -2.09. The van der Waals surface area contributed by atoms with Gasteiger partial charge in [-0.05, 0) is 24.6 Å². The molecule has 19 heavy (non-hydrogen) atoms. The van der Waals surface area contributed by atoms with Crippen molar-refractivity contribution in [3.05, 3.63) is 41.7 Å². The van der Waals surface area contributed by atoms with Crippen molar-refractivity contribution in [1.82, 2.24) is 10.2 Å². The third-order valence-corrected chi connectivity index (χ3v) is 3.84. The molecule has 0 saturated heterocycles. The number of hydrogen-bond acceptors (Lipinski definition) is 4. The molecule has 2 rings (SSSR count). The summed E-state index contributed by atoms with van der Waals surface area (Å²) >= 11 is 0. The fourth-order valence-corrected chi connectivity index (χ4v) is 2.48. The highest BCUT2D eigenvalue weighted by Gasteiger charge is 2.17. The van der Waals surface area contributed by atoms with Crippen molar-refractivity contribution < 1.29 is 18.3 Å². The molecule has 3 N–H and O–H groups in total. The molecule has 0 bridgehead atoms. The van der Waals surface area contributed by atoms with Crippen LogP contribution in [0, 0.1) is 6.92 Å². The fraction of sp³-hybridized carbons (Fsp3) is 0.0909. The number of nitrogens with one attached hydrogen (secondary N) is 2. The summed E-state index contributed by atoms with van der Waals surface area (Å²) in [7, 11) is -3.77. The number of benzene rings is 1. The molecular formula is C11H11N3O4S. The topological polar surface area (TPSA) is 112 Å². The Hall–Kier alpha value is -2.35. The first-order chi connectivity index (χ1) is 8.90. The predicted molar refractivity (Wildman–Crippen MR) is 67.5 cm³/mol. The van der Waals surface area contributed by atoms with Gasteiger partial charge in [0.05, 0.1) is 17.4 Å². The number of nitrogens with zero attached hydrogens (tertiary/aromatic N) is 1. The van der Waals surface area contributed by atoms with Gasteiger partial charge in [-0.2, -0.15) is 5.10 Å². The van der Waals surface area contributed by atoms with Crippen LogP contribution in [-0.4, -0.2) is 29.7 Å². The van der Waals surface area contributed by atoms with Crippen molar-refractivity contribution in [1.29, 1.82) is 0 Å². The van der Waals surface area contributed by atoms with Crippen LogP contribution >= 0.6 is 0 Å². The molecule has 0 radical (unpaired) electrons. The Kier molecular flexibility index (Phi) is 3.26. The summed E-state index contributed by atoms with van der Waals surface area (Å²) in [5, 5.41) is 14.9. The summed E-state index contributed by atoms with van der Waals surface area (Å²) < 4.78 is 26.3. The van der Waals surface area contributed by atoms with Gasteiger partial charge in [-0.1, -0.05) is 6.07 Å². The van der Waals surface area contributed by atoms with E-state index in [0.29, 0.717) is 5.56 Å². The van der Waals surface area contributed by atoms with E-state index in [1.807, 2.05) is 0 Å². The van der Waals surface area contributed by atoms with Crippen LogP contribution in [-0.2, 0) is 10.0 Å². The molecule has 2 aromatic rings. The second-order valence-electron chi connectivity index (χ2n) is 3.87. The van der Waals surface area contributed by atoms with E-state index in [-0.39, 0.29) is 16.1 Å². The Balaban J connectivity index is 2.39. The number of sulfonamides is 1. The van der Waals surface area contributed by atoms with Crippen LogP contribution in [0.5, 0.6) is 0 Å². The number of hydrogen-bond donors (Lipinski definition) is 3. The smallest absolute Gasteiger partial charge is 0.335 e. The van der Waals surface area contributed by atoms with Gasteiger partial charge in [0.1, 0.15) is 4.90 Å². The van der Waals surface area contributed by atoms with Crippen LogP contribution in [0.25, 0.3) is 0 Å². The number of aromatic carboxylic acids is 1. The number of carbonyl (C=O) groups is 1. The number of H-pyrrole nitrogens is 1.